The summed E-state index contributed by atoms with van der Waals surface area (Å²) >= 11 is 0. The highest BCUT2D eigenvalue weighted by molar-refractivity contribution is 4.76. The molecule has 0 aromatic rings. The van der Waals surface area contributed by atoms with Crippen LogP contribution in [-0.4, -0.2) is 24.3 Å². The number of rotatable bonds is 6. The number of aliphatic hydroxyl groups is 1. The maximum Gasteiger partial charge on any atom is 0.0667 e. The molecule has 3 atom stereocenters. The molecule has 0 heterocycles. The van der Waals surface area contributed by atoms with E-state index >= 15 is 0 Å². The molecule has 2 aliphatic carbocycles. The van der Waals surface area contributed by atoms with Gasteiger partial charge >= 0.3 is 0 Å². The van der Waals surface area contributed by atoms with Crippen LogP contribution in [0, 0.1) is 17.8 Å². The first-order valence-electron chi connectivity index (χ1n) is 7.63. The summed E-state index contributed by atoms with van der Waals surface area (Å²) in [7, 11) is 0. The fourth-order valence-corrected chi connectivity index (χ4v) is 3.68. The van der Waals surface area contributed by atoms with Gasteiger partial charge in [0.1, 0.15) is 0 Å². The fraction of sp³-hybridized carbons (Fsp3) is 1.00. The smallest absolute Gasteiger partial charge is 0.0667 e. The van der Waals surface area contributed by atoms with E-state index in [1.807, 2.05) is 0 Å². The molecule has 2 aliphatic rings. The van der Waals surface area contributed by atoms with Crippen molar-refractivity contribution < 1.29 is 5.11 Å². The summed E-state index contributed by atoms with van der Waals surface area (Å²) in [4.78, 5) is 0. The zero-order valence-electron chi connectivity index (χ0n) is 11.3. The summed E-state index contributed by atoms with van der Waals surface area (Å²) in [5.41, 5.74) is 0. The van der Waals surface area contributed by atoms with Crippen molar-refractivity contribution in [2.45, 2.75) is 64.4 Å². The predicted octanol–water partition coefficient (Wildman–Crippen LogP) is 2.95. The van der Waals surface area contributed by atoms with Gasteiger partial charge in [-0.1, -0.05) is 39.0 Å². The highest BCUT2D eigenvalue weighted by Crippen LogP contribution is 2.30. The average molecular weight is 239 g/mol. The van der Waals surface area contributed by atoms with Crippen molar-refractivity contribution in [1.29, 1.82) is 0 Å². The van der Waals surface area contributed by atoms with E-state index in [1.165, 1.54) is 44.9 Å². The van der Waals surface area contributed by atoms with Gasteiger partial charge in [0.2, 0.25) is 0 Å². The van der Waals surface area contributed by atoms with Gasteiger partial charge in [-0.2, -0.15) is 0 Å². The van der Waals surface area contributed by atoms with Crippen molar-refractivity contribution in [3.8, 4) is 0 Å². The molecule has 0 aromatic heterocycles. The highest BCUT2D eigenvalue weighted by atomic mass is 16.3. The standard InChI is InChI=1S/C15H29NO/c1-12-6-7-14(8-12)10-16-11-15(17)9-13-4-2-3-5-13/h12-17H,2-11H2,1H3. The SMILES string of the molecule is CC1CCC(CNCC(O)CC2CCCC2)C1. The minimum atomic E-state index is -0.114. The topological polar surface area (TPSA) is 32.3 Å². The summed E-state index contributed by atoms with van der Waals surface area (Å²) in [5.74, 6) is 2.59. The fourth-order valence-electron chi connectivity index (χ4n) is 3.68. The molecule has 2 fully saturated rings. The van der Waals surface area contributed by atoms with Crippen LogP contribution in [0.25, 0.3) is 0 Å². The molecule has 0 aliphatic heterocycles. The first kappa shape index (κ1) is 13.4. The molecule has 2 rings (SSSR count). The van der Waals surface area contributed by atoms with Gasteiger partial charge in [-0.3, -0.25) is 0 Å². The maximum atomic E-state index is 9.97. The minimum Gasteiger partial charge on any atom is -0.392 e. The van der Waals surface area contributed by atoms with Crippen molar-refractivity contribution >= 4 is 0 Å². The Labute approximate surface area is 106 Å². The first-order valence-corrected chi connectivity index (χ1v) is 7.63. The first-order chi connectivity index (χ1) is 8.24. The molecule has 0 bridgehead atoms. The Morgan fingerprint density at radius 2 is 1.88 bits per heavy atom. The maximum absolute atomic E-state index is 9.97. The molecule has 17 heavy (non-hydrogen) atoms. The van der Waals surface area contributed by atoms with Gasteiger partial charge in [-0.15, -0.1) is 0 Å². The van der Waals surface area contributed by atoms with Crippen molar-refractivity contribution in [1.82, 2.24) is 5.32 Å². The largest absolute Gasteiger partial charge is 0.392 e. The van der Waals surface area contributed by atoms with Gasteiger partial charge in [0.25, 0.3) is 0 Å². The number of hydrogen-bond acceptors (Lipinski definition) is 2. The van der Waals surface area contributed by atoms with Crippen molar-refractivity contribution in [3.05, 3.63) is 0 Å². The van der Waals surface area contributed by atoms with Crippen molar-refractivity contribution in [3.63, 3.8) is 0 Å². The van der Waals surface area contributed by atoms with E-state index in [0.29, 0.717) is 0 Å². The monoisotopic (exact) mass is 239 g/mol. The zero-order chi connectivity index (χ0) is 12.1. The van der Waals surface area contributed by atoms with Crippen molar-refractivity contribution in [2.24, 2.45) is 17.8 Å². The summed E-state index contributed by atoms with van der Waals surface area (Å²) in [6, 6.07) is 0. The molecule has 3 unspecified atom stereocenters. The summed E-state index contributed by atoms with van der Waals surface area (Å²) < 4.78 is 0. The van der Waals surface area contributed by atoms with E-state index in [-0.39, 0.29) is 6.10 Å². The molecular formula is C15H29NO. The lowest BCUT2D eigenvalue weighted by molar-refractivity contribution is 0.139. The summed E-state index contributed by atoms with van der Waals surface area (Å²) in [5, 5.41) is 13.4. The van der Waals surface area contributed by atoms with Crippen LogP contribution in [0.2, 0.25) is 0 Å². The second-order valence-electron chi connectivity index (χ2n) is 6.48. The molecule has 0 aromatic carbocycles. The summed E-state index contributed by atoms with van der Waals surface area (Å²) in [6.07, 6.45) is 10.5. The van der Waals surface area contributed by atoms with Gasteiger partial charge in [0.15, 0.2) is 0 Å². The molecule has 2 nitrogen and oxygen atoms in total. The van der Waals surface area contributed by atoms with E-state index < -0.39 is 0 Å². The van der Waals surface area contributed by atoms with Crippen LogP contribution in [0.4, 0.5) is 0 Å². The van der Waals surface area contributed by atoms with Gasteiger partial charge in [-0.05, 0) is 43.6 Å². The van der Waals surface area contributed by atoms with Gasteiger partial charge in [-0.25, -0.2) is 0 Å². The Balaban J connectivity index is 1.52. The number of aliphatic hydroxyl groups excluding tert-OH is 1. The van der Waals surface area contributed by atoms with Crippen LogP contribution >= 0.6 is 0 Å². The molecule has 0 spiro atoms. The third kappa shape index (κ3) is 4.59. The molecular weight excluding hydrogens is 210 g/mol. The van der Waals surface area contributed by atoms with Crippen LogP contribution < -0.4 is 5.32 Å². The molecule has 0 amide bonds. The number of nitrogens with one attached hydrogen (secondary N) is 1. The lowest BCUT2D eigenvalue weighted by Crippen LogP contribution is -2.31. The molecule has 0 saturated heterocycles. The van der Waals surface area contributed by atoms with Crippen LogP contribution in [-0.2, 0) is 0 Å². The Kier molecular flexibility index (Phi) is 5.30. The molecule has 2 heteroatoms. The Morgan fingerprint density at radius 1 is 1.12 bits per heavy atom. The van der Waals surface area contributed by atoms with Crippen LogP contribution in [0.1, 0.15) is 58.3 Å². The molecule has 2 saturated carbocycles. The highest BCUT2D eigenvalue weighted by Gasteiger charge is 2.22. The van der Waals surface area contributed by atoms with E-state index in [9.17, 15) is 5.11 Å². The Morgan fingerprint density at radius 3 is 2.53 bits per heavy atom. The van der Waals surface area contributed by atoms with E-state index in [0.717, 1.165) is 37.3 Å². The molecule has 100 valence electrons. The lowest BCUT2D eigenvalue weighted by atomic mass is 10.00. The van der Waals surface area contributed by atoms with Crippen LogP contribution in [0.15, 0.2) is 0 Å². The third-order valence-corrected chi connectivity index (χ3v) is 4.70. The second-order valence-corrected chi connectivity index (χ2v) is 6.48. The second kappa shape index (κ2) is 6.75. The van der Waals surface area contributed by atoms with Crippen LogP contribution in [0.3, 0.4) is 0 Å². The predicted molar refractivity (Wildman–Crippen MR) is 72.0 cm³/mol. The quantitative estimate of drug-likeness (QED) is 0.747. The van der Waals surface area contributed by atoms with E-state index in [4.69, 9.17) is 0 Å². The molecule has 0 radical (unpaired) electrons. The van der Waals surface area contributed by atoms with E-state index in [1.54, 1.807) is 0 Å². The van der Waals surface area contributed by atoms with Gasteiger partial charge in [0, 0.05) is 6.54 Å². The van der Waals surface area contributed by atoms with Gasteiger partial charge in [0.05, 0.1) is 6.10 Å². The number of hydrogen-bond donors (Lipinski definition) is 2. The minimum absolute atomic E-state index is 0.114. The van der Waals surface area contributed by atoms with Crippen LogP contribution in [0.5, 0.6) is 0 Å². The average Bonchev–Trinajstić information content (AvgIpc) is 2.90. The van der Waals surface area contributed by atoms with Gasteiger partial charge < -0.3 is 10.4 Å². The summed E-state index contributed by atoms with van der Waals surface area (Å²) in [6.45, 7) is 4.28. The van der Waals surface area contributed by atoms with E-state index in [2.05, 4.69) is 12.2 Å². The Bertz CT molecular complexity index is 213. The third-order valence-electron chi connectivity index (χ3n) is 4.70. The Hall–Kier alpha value is -0.0800. The lowest BCUT2D eigenvalue weighted by Gasteiger charge is -2.17. The molecule has 2 N–H and O–H groups in total. The zero-order valence-corrected chi connectivity index (χ0v) is 11.3. The normalized spacial score (nSPS) is 32.1. The van der Waals surface area contributed by atoms with Crippen molar-refractivity contribution in [2.75, 3.05) is 13.1 Å².